The minimum atomic E-state index is -0.815. The molecule has 0 saturated heterocycles. The Kier molecular flexibility index (Phi) is 4.17. The smallest absolute Gasteiger partial charge is 0.306 e. The molecular formula is C12H16O4. The molecule has 88 valence electrons. The maximum absolute atomic E-state index is 10.8. The van der Waals surface area contributed by atoms with Crippen LogP contribution in [-0.2, 0) is 11.2 Å². The van der Waals surface area contributed by atoms with Gasteiger partial charge in [0.25, 0.3) is 0 Å². The van der Waals surface area contributed by atoms with Gasteiger partial charge in [-0.3, -0.25) is 4.79 Å². The molecule has 0 bridgehead atoms. The molecule has 4 nitrogen and oxygen atoms in total. The third-order valence-corrected chi connectivity index (χ3v) is 2.43. The van der Waals surface area contributed by atoms with Crippen molar-refractivity contribution in [3.8, 4) is 11.5 Å². The van der Waals surface area contributed by atoms with Crippen LogP contribution in [0.25, 0.3) is 0 Å². The standard InChI is InChI=1S/C12H16O4/c1-8(12(13)14)7-9-5-4-6-10(15-2)11(9)16-3/h4-6,8H,7H2,1-3H3,(H,13,14). The van der Waals surface area contributed by atoms with Crippen LogP contribution in [0.4, 0.5) is 0 Å². The van der Waals surface area contributed by atoms with Crippen molar-refractivity contribution in [2.45, 2.75) is 13.3 Å². The first-order chi connectivity index (χ1) is 7.60. The van der Waals surface area contributed by atoms with Gasteiger partial charge in [-0.05, 0) is 18.1 Å². The van der Waals surface area contributed by atoms with Crippen molar-refractivity contribution in [2.75, 3.05) is 14.2 Å². The Bertz CT molecular complexity index is 373. The summed E-state index contributed by atoms with van der Waals surface area (Å²) < 4.78 is 10.4. The lowest BCUT2D eigenvalue weighted by Gasteiger charge is -2.13. The Morgan fingerprint density at radius 3 is 2.56 bits per heavy atom. The highest BCUT2D eigenvalue weighted by molar-refractivity contribution is 5.70. The second-order valence-electron chi connectivity index (χ2n) is 3.60. The molecular weight excluding hydrogens is 208 g/mol. The van der Waals surface area contributed by atoms with E-state index in [2.05, 4.69) is 0 Å². The number of para-hydroxylation sites is 1. The number of carbonyl (C=O) groups is 1. The first kappa shape index (κ1) is 12.4. The second kappa shape index (κ2) is 5.39. The third kappa shape index (κ3) is 2.66. The molecule has 0 aliphatic heterocycles. The Labute approximate surface area is 94.8 Å². The summed E-state index contributed by atoms with van der Waals surface area (Å²) in [6.45, 7) is 1.67. The molecule has 16 heavy (non-hydrogen) atoms. The topological polar surface area (TPSA) is 55.8 Å². The highest BCUT2D eigenvalue weighted by Gasteiger charge is 2.16. The van der Waals surface area contributed by atoms with Crippen molar-refractivity contribution in [3.05, 3.63) is 23.8 Å². The van der Waals surface area contributed by atoms with Crippen molar-refractivity contribution in [1.29, 1.82) is 0 Å². The summed E-state index contributed by atoms with van der Waals surface area (Å²) in [6, 6.07) is 5.46. The van der Waals surface area contributed by atoms with Gasteiger partial charge in [-0.1, -0.05) is 19.1 Å². The zero-order chi connectivity index (χ0) is 12.1. The molecule has 0 aliphatic carbocycles. The quantitative estimate of drug-likeness (QED) is 0.830. The summed E-state index contributed by atoms with van der Waals surface area (Å²) in [5.41, 5.74) is 0.844. The van der Waals surface area contributed by atoms with Gasteiger partial charge in [0.05, 0.1) is 20.1 Å². The first-order valence-corrected chi connectivity index (χ1v) is 5.02. The number of carboxylic acids is 1. The Hall–Kier alpha value is -1.71. The summed E-state index contributed by atoms with van der Waals surface area (Å²) in [7, 11) is 3.11. The molecule has 0 aromatic heterocycles. The molecule has 1 atom stereocenters. The van der Waals surface area contributed by atoms with Gasteiger partial charge < -0.3 is 14.6 Å². The lowest BCUT2D eigenvalue weighted by Crippen LogP contribution is -2.13. The predicted molar refractivity (Wildman–Crippen MR) is 60.0 cm³/mol. The van der Waals surface area contributed by atoms with E-state index in [1.54, 1.807) is 27.2 Å². The molecule has 1 unspecified atom stereocenters. The van der Waals surface area contributed by atoms with Crippen LogP contribution in [0.2, 0.25) is 0 Å². The highest BCUT2D eigenvalue weighted by atomic mass is 16.5. The van der Waals surface area contributed by atoms with E-state index in [-0.39, 0.29) is 0 Å². The number of ether oxygens (including phenoxy) is 2. The molecule has 0 radical (unpaired) electrons. The van der Waals surface area contributed by atoms with Crippen LogP contribution in [0.15, 0.2) is 18.2 Å². The normalized spacial score (nSPS) is 11.9. The van der Waals surface area contributed by atoms with Crippen LogP contribution >= 0.6 is 0 Å². The van der Waals surface area contributed by atoms with Crippen LogP contribution < -0.4 is 9.47 Å². The maximum Gasteiger partial charge on any atom is 0.306 e. The highest BCUT2D eigenvalue weighted by Crippen LogP contribution is 2.32. The van der Waals surface area contributed by atoms with Crippen LogP contribution in [0.1, 0.15) is 12.5 Å². The fourth-order valence-electron chi connectivity index (χ4n) is 1.53. The molecule has 0 saturated carbocycles. The van der Waals surface area contributed by atoms with E-state index < -0.39 is 11.9 Å². The van der Waals surface area contributed by atoms with Gasteiger partial charge in [0, 0.05) is 0 Å². The van der Waals surface area contributed by atoms with Gasteiger partial charge in [-0.2, -0.15) is 0 Å². The average molecular weight is 224 g/mol. The van der Waals surface area contributed by atoms with Crippen molar-refractivity contribution < 1.29 is 19.4 Å². The largest absolute Gasteiger partial charge is 0.493 e. The number of hydrogen-bond donors (Lipinski definition) is 1. The molecule has 0 aliphatic rings. The molecule has 0 fully saturated rings. The van der Waals surface area contributed by atoms with Gasteiger partial charge in [-0.15, -0.1) is 0 Å². The number of methoxy groups -OCH3 is 2. The molecule has 1 rings (SSSR count). The predicted octanol–water partition coefficient (Wildman–Crippen LogP) is 1.97. The summed E-state index contributed by atoms with van der Waals surface area (Å²) in [5, 5.41) is 8.86. The SMILES string of the molecule is COc1cccc(CC(C)C(=O)O)c1OC. The molecule has 1 N–H and O–H groups in total. The van der Waals surface area contributed by atoms with Crippen LogP contribution in [0, 0.1) is 5.92 Å². The number of benzene rings is 1. The molecule has 4 heteroatoms. The summed E-state index contributed by atoms with van der Waals surface area (Å²) in [6.07, 6.45) is 0.426. The second-order valence-corrected chi connectivity index (χ2v) is 3.60. The molecule has 0 amide bonds. The van der Waals surface area contributed by atoms with E-state index in [9.17, 15) is 4.79 Å². The van der Waals surface area contributed by atoms with Crippen LogP contribution in [0.5, 0.6) is 11.5 Å². The van der Waals surface area contributed by atoms with Gasteiger partial charge in [0.2, 0.25) is 0 Å². The first-order valence-electron chi connectivity index (χ1n) is 5.02. The number of rotatable bonds is 5. The van der Waals surface area contributed by atoms with Crippen LogP contribution in [-0.4, -0.2) is 25.3 Å². The number of aliphatic carboxylic acids is 1. The zero-order valence-electron chi connectivity index (χ0n) is 9.69. The number of carboxylic acid groups (broad SMARTS) is 1. The average Bonchev–Trinajstić information content (AvgIpc) is 2.28. The monoisotopic (exact) mass is 224 g/mol. The minimum Gasteiger partial charge on any atom is -0.493 e. The summed E-state index contributed by atoms with van der Waals surface area (Å²) in [5.74, 6) is -0.0263. The lowest BCUT2D eigenvalue weighted by molar-refractivity contribution is -0.141. The van der Waals surface area contributed by atoms with Crippen LogP contribution in [0.3, 0.4) is 0 Å². The van der Waals surface area contributed by atoms with Gasteiger partial charge in [0.1, 0.15) is 0 Å². The Morgan fingerprint density at radius 1 is 1.38 bits per heavy atom. The van der Waals surface area contributed by atoms with E-state index >= 15 is 0 Å². The molecule has 1 aromatic rings. The number of hydrogen-bond acceptors (Lipinski definition) is 3. The molecule has 1 aromatic carbocycles. The fourth-order valence-corrected chi connectivity index (χ4v) is 1.53. The van der Waals surface area contributed by atoms with Crippen molar-refractivity contribution >= 4 is 5.97 Å². The van der Waals surface area contributed by atoms with Gasteiger partial charge in [0.15, 0.2) is 11.5 Å². The van der Waals surface area contributed by atoms with Gasteiger partial charge in [-0.25, -0.2) is 0 Å². The lowest BCUT2D eigenvalue weighted by atomic mass is 10.0. The third-order valence-electron chi connectivity index (χ3n) is 2.43. The zero-order valence-corrected chi connectivity index (χ0v) is 9.69. The van der Waals surface area contributed by atoms with E-state index in [0.717, 1.165) is 5.56 Å². The fraction of sp³-hybridized carbons (Fsp3) is 0.417. The molecule has 0 spiro atoms. The Morgan fingerprint density at radius 2 is 2.06 bits per heavy atom. The van der Waals surface area contributed by atoms with E-state index in [0.29, 0.717) is 17.9 Å². The van der Waals surface area contributed by atoms with Crippen molar-refractivity contribution in [2.24, 2.45) is 5.92 Å². The summed E-state index contributed by atoms with van der Waals surface area (Å²) >= 11 is 0. The van der Waals surface area contributed by atoms with E-state index in [4.69, 9.17) is 14.6 Å². The molecule has 0 heterocycles. The summed E-state index contributed by atoms with van der Waals surface area (Å²) in [4.78, 5) is 10.8. The van der Waals surface area contributed by atoms with Gasteiger partial charge >= 0.3 is 5.97 Å². The van der Waals surface area contributed by atoms with Crippen molar-refractivity contribution in [1.82, 2.24) is 0 Å². The minimum absolute atomic E-state index is 0.426. The van der Waals surface area contributed by atoms with E-state index in [1.165, 1.54) is 0 Å². The van der Waals surface area contributed by atoms with Crippen molar-refractivity contribution in [3.63, 3.8) is 0 Å². The maximum atomic E-state index is 10.8. The van der Waals surface area contributed by atoms with E-state index in [1.807, 2.05) is 12.1 Å². The Balaban J connectivity index is 2.99.